The number of carbonyl (C=O) groups excluding carboxylic acids is 1. The second-order valence-electron chi connectivity index (χ2n) is 7.63. The fourth-order valence-corrected chi connectivity index (χ4v) is 4.06. The zero-order valence-corrected chi connectivity index (χ0v) is 16.6. The first-order chi connectivity index (χ1) is 14.4. The van der Waals surface area contributed by atoms with E-state index in [1.165, 1.54) is 6.07 Å². The van der Waals surface area contributed by atoms with Gasteiger partial charge in [-0.1, -0.05) is 18.2 Å². The molecule has 3 aromatic rings. The van der Waals surface area contributed by atoms with E-state index in [1.807, 2.05) is 33.7 Å². The first-order valence-corrected chi connectivity index (χ1v) is 9.89. The van der Waals surface area contributed by atoms with Gasteiger partial charge in [-0.3, -0.25) is 24.4 Å². The summed E-state index contributed by atoms with van der Waals surface area (Å²) in [6.07, 6.45) is 1.54. The predicted molar refractivity (Wildman–Crippen MR) is 114 cm³/mol. The van der Waals surface area contributed by atoms with Crippen molar-refractivity contribution in [1.29, 1.82) is 0 Å². The molecule has 0 saturated carbocycles. The zero-order chi connectivity index (χ0) is 21.3. The van der Waals surface area contributed by atoms with Crippen LogP contribution in [-0.2, 0) is 4.79 Å². The van der Waals surface area contributed by atoms with Crippen molar-refractivity contribution in [1.82, 2.24) is 14.5 Å². The standard InChI is InChI=1S/C21H23N5O4/c1-14-6-7-15(12-19(14)26(29)30)22-20(27)13-24-10-8-16(9-11-24)25-18-5-3-2-4-17(18)23-21(25)28/h2-7,12,16H,8-11,13H2,1H3,(H,22,27)(H,23,28). The SMILES string of the molecule is Cc1ccc(NC(=O)CN2CCC(n3c(=O)[nH]c4ccccc43)CC2)cc1[N+](=O)[O-]. The summed E-state index contributed by atoms with van der Waals surface area (Å²) in [5.41, 5.74) is 2.58. The van der Waals surface area contributed by atoms with Crippen LogP contribution in [0, 0.1) is 17.0 Å². The summed E-state index contributed by atoms with van der Waals surface area (Å²) in [5.74, 6) is -0.212. The number of likely N-dealkylation sites (tertiary alicyclic amines) is 1. The highest BCUT2D eigenvalue weighted by Gasteiger charge is 2.24. The number of aromatic nitrogens is 2. The van der Waals surface area contributed by atoms with Crippen LogP contribution in [0.4, 0.5) is 11.4 Å². The molecule has 9 nitrogen and oxygen atoms in total. The highest BCUT2D eigenvalue weighted by atomic mass is 16.6. The second kappa shape index (κ2) is 8.11. The highest BCUT2D eigenvalue weighted by Crippen LogP contribution is 2.25. The van der Waals surface area contributed by atoms with Crippen LogP contribution in [0.1, 0.15) is 24.4 Å². The summed E-state index contributed by atoms with van der Waals surface area (Å²) in [6.45, 7) is 3.25. The Balaban J connectivity index is 1.36. The number of rotatable bonds is 5. The molecule has 9 heteroatoms. The van der Waals surface area contributed by atoms with Crippen LogP contribution in [0.3, 0.4) is 0 Å². The second-order valence-corrected chi connectivity index (χ2v) is 7.63. The topological polar surface area (TPSA) is 113 Å². The largest absolute Gasteiger partial charge is 0.326 e. The molecule has 30 heavy (non-hydrogen) atoms. The average Bonchev–Trinajstić information content (AvgIpc) is 3.05. The molecule has 2 aromatic carbocycles. The van der Waals surface area contributed by atoms with Gasteiger partial charge in [-0.25, -0.2) is 4.79 Å². The monoisotopic (exact) mass is 409 g/mol. The lowest BCUT2D eigenvalue weighted by Crippen LogP contribution is -2.41. The molecule has 1 aliphatic heterocycles. The molecule has 1 aromatic heterocycles. The Morgan fingerprint density at radius 3 is 2.70 bits per heavy atom. The van der Waals surface area contributed by atoms with Gasteiger partial charge in [0.2, 0.25) is 5.91 Å². The number of nitrogens with zero attached hydrogens (tertiary/aromatic N) is 3. The van der Waals surface area contributed by atoms with Gasteiger partial charge in [0.05, 0.1) is 22.5 Å². The number of nitro groups is 1. The Hall–Kier alpha value is -3.46. The number of piperidine rings is 1. The van der Waals surface area contributed by atoms with E-state index >= 15 is 0 Å². The molecule has 0 spiro atoms. The van der Waals surface area contributed by atoms with E-state index in [0.29, 0.717) is 24.3 Å². The number of nitro benzene ring substituents is 1. The number of hydrogen-bond donors (Lipinski definition) is 2. The summed E-state index contributed by atoms with van der Waals surface area (Å²) in [5, 5.41) is 13.8. The Morgan fingerprint density at radius 2 is 1.97 bits per heavy atom. The Bertz CT molecular complexity index is 1160. The third-order valence-electron chi connectivity index (χ3n) is 5.60. The van der Waals surface area contributed by atoms with E-state index < -0.39 is 4.92 Å². The van der Waals surface area contributed by atoms with Crippen LogP contribution >= 0.6 is 0 Å². The molecule has 1 fully saturated rings. The minimum atomic E-state index is -0.456. The van der Waals surface area contributed by atoms with Crippen molar-refractivity contribution in [3.05, 3.63) is 68.6 Å². The average molecular weight is 409 g/mol. The fraction of sp³-hybridized carbons (Fsp3) is 0.333. The van der Waals surface area contributed by atoms with Crippen LogP contribution in [0.5, 0.6) is 0 Å². The number of H-pyrrole nitrogens is 1. The van der Waals surface area contributed by atoms with E-state index in [-0.39, 0.29) is 29.9 Å². The molecular weight excluding hydrogens is 386 g/mol. The zero-order valence-electron chi connectivity index (χ0n) is 16.6. The minimum absolute atomic E-state index is 0.0159. The van der Waals surface area contributed by atoms with E-state index in [0.717, 1.165) is 23.9 Å². The summed E-state index contributed by atoms with van der Waals surface area (Å²) in [7, 11) is 0. The molecule has 2 N–H and O–H groups in total. The van der Waals surface area contributed by atoms with E-state index in [4.69, 9.17) is 0 Å². The first kappa shape index (κ1) is 19.8. The lowest BCUT2D eigenvalue weighted by molar-refractivity contribution is -0.385. The van der Waals surface area contributed by atoms with Gasteiger partial charge in [0, 0.05) is 36.4 Å². The van der Waals surface area contributed by atoms with E-state index in [9.17, 15) is 19.7 Å². The quantitative estimate of drug-likeness (QED) is 0.497. The van der Waals surface area contributed by atoms with Crippen LogP contribution in [0.2, 0.25) is 0 Å². The molecule has 0 unspecified atom stereocenters. The number of benzene rings is 2. The maximum Gasteiger partial charge on any atom is 0.326 e. The predicted octanol–water partition coefficient (Wildman–Crippen LogP) is 2.82. The van der Waals surface area contributed by atoms with Crippen molar-refractivity contribution in [2.45, 2.75) is 25.8 Å². The summed E-state index contributed by atoms with van der Waals surface area (Å²) in [6, 6.07) is 12.4. The van der Waals surface area contributed by atoms with Gasteiger partial charge in [0.25, 0.3) is 5.69 Å². The Kier molecular flexibility index (Phi) is 5.37. The van der Waals surface area contributed by atoms with Crippen LogP contribution in [0.25, 0.3) is 11.0 Å². The summed E-state index contributed by atoms with van der Waals surface area (Å²) >= 11 is 0. The maximum atomic E-state index is 12.4. The van der Waals surface area contributed by atoms with Crippen molar-refractivity contribution in [3.8, 4) is 0 Å². The molecule has 1 saturated heterocycles. The molecule has 0 radical (unpaired) electrons. The third kappa shape index (κ3) is 3.97. The van der Waals surface area contributed by atoms with Crippen LogP contribution in [-0.4, -0.2) is 44.9 Å². The molecule has 0 aliphatic carbocycles. The van der Waals surface area contributed by atoms with Crippen molar-refractivity contribution in [3.63, 3.8) is 0 Å². The number of aromatic amines is 1. The molecular formula is C21H23N5O4. The van der Waals surface area contributed by atoms with Gasteiger partial charge in [0.1, 0.15) is 0 Å². The number of imidazole rings is 1. The van der Waals surface area contributed by atoms with Gasteiger partial charge in [-0.15, -0.1) is 0 Å². The van der Waals surface area contributed by atoms with Crippen LogP contribution in [0.15, 0.2) is 47.3 Å². The van der Waals surface area contributed by atoms with Gasteiger partial charge in [-0.05, 0) is 38.0 Å². The lowest BCUT2D eigenvalue weighted by atomic mass is 10.0. The van der Waals surface area contributed by atoms with Gasteiger partial charge in [0.15, 0.2) is 0 Å². The van der Waals surface area contributed by atoms with Gasteiger partial charge < -0.3 is 10.3 Å². The van der Waals surface area contributed by atoms with Crippen molar-refractivity contribution in [2.75, 3.05) is 25.0 Å². The maximum absolute atomic E-state index is 12.4. The molecule has 1 amide bonds. The number of anilines is 1. The van der Waals surface area contributed by atoms with Crippen LogP contribution < -0.4 is 11.0 Å². The van der Waals surface area contributed by atoms with Crippen molar-refractivity contribution in [2.24, 2.45) is 0 Å². The lowest BCUT2D eigenvalue weighted by Gasteiger charge is -2.32. The summed E-state index contributed by atoms with van der Waals surface area (Å²) < 4.78 is 1.82. The van der Waals surface area contributed by atoms with E-state index in [1.54, 1.807) is 19.1 Å². The number of fused-ring (bicyclic) bond motifs is 1. The highest BCUT2D eigenvalue weighted by molar-refractivity contribution is 5.92. The molecule has 2 heterocycles. The first-order valence-electron chi connectivity index (χ1n) is 9.89. The van der Waals surface area contributed by atoms with E-state index in [2.05, 4.69) is 10.3 Å². The molecule has 156 valence electrons. The number of amides is 1. The van der Waals surface area contributed by atoms with Gasteiger partial charge in [-0.2, -0.15) is 0 Å². The normalized spacial score (nSPS) is 15.4. The number of aryl methyl sites for hydroxylation is 1. The fourth-order valence-electron chi connectivity index (χ4n) is 4.06. The smallest absolute Gasteiger partial charge is 0.325 e. The summed E-state index contributed by atoms with van der Waals surface area (Å²) in [4.78, 5) is 40.3. The van der Waals surface area contributed by atoms with Crippen molar-refractivity contribution < 1.29 is 9.72 Å². The molecule has 0 bridgehead atoms. The molecule has 0 atom stereocenters. The third-order valence-corrected chi connectivity index (χ3v) is 5.60. The Labute approximate surface area is 172 Å². The number of carbonyl (C=O) groups is 1. The number of hydrogen-bond acceptors (Lipinski definition) is 5. The minimum Gasteiger partial charge on any atom is -0.325 e. The van der Waals surface area contributed by atoms with Crippen molar-refractivity contribution >= 4 is 28.3 Å². The number of nitrogens with one attached hydrogen (secondary N) is 2. The Morgan fingerprint density at radius 1 is 1.23 bits per heavy atom. The molecule has 1 aliphatic rings. The molecule has 4 rings (SSSR count). The van der Waals surface area contributed by atoms with Gasteiger partial charge >= 0.3 is 5.69 Å². The number of para-hydroxylation sites is 2.